The van der Waals surface area contributed by atoms with Crippen LogP contribution >= 0.6 is 0 Å². The van der Waals surface area contributed by atoms with E-state index in [1.807, 2.05) is 0 Å². The maximum Gasteiger partial charge on any atom is 0.0635 e. The van der Waals surface area contributed by atoms with Gasteiger partial charge in [0.05, 0.1) is 19.3 Å². The standard InChI is InChI=1S/C11H19N3O/c12-3-1-4-13-5-2-11(10-13)14-6-8-15-9-7-14/h11H,1-2,4-10H2. The van der Waals surface area contributed by atoms with E-state index in [-0.39, 0.29) is 0 Å². The van der Waals surface area contributed by atoms with Crippen molar-refractivity contribution in [1.29, 1.82) is 5.26 Å². The molecule has 0 aromatic heterocycles. The van der Waals surface area contributed by atoms with Crippen molar-refractivity contribution in [3.8, 4) is 6.07 Å². The van der Waals surface area contributed by atoms with E-state index < -0.39 is 0 Å². The Kier molecular flexibility index (Phi) is 3.95. The van der Waals surface area contributed by atoms with Crippen LogP contribution in [0.25, 0.3) is 0 Å². The van der Waals surface area contributed by atoms with Crippen molar-refractivity contribution in [3.63, 3.8) is 0 Å². The van der Waals surface area contributed by atoms with E-state index in [9.17, 15) is 0 Å². The molecule has 4 nitrogen and oxygen atoms in total. The maximum atomic E-state index is 8.54. The molecule has 0 spiro atoms. The van der Waals surface area contributed by atoms with E-state index in [2.05, 4.69) is 15.9 Å². The van der Waals surface area contributed by atoms with E-state index >= 15 is 0 Å². The molecule has 2 heterocycles. The van der Waals surface area contributed by atoms with Crippen molar-refractivity contribution < 1.29 is 4.74 Å². The molecule has 2 rings (SSSR count). The van der Waals surface area contributed by atoms with Crippen LogP contribution in [0.1, 0.15) is 12.8 Å². The summed E-state index contributed by atoms with van der Waals surface area (Å²) in [6, 6.07) is 2.92. The molecule has 0 aliphatic carbocycles. The average molecular weight is 209 g/mol. The Balaban J connectivity index is 1.74. The molecule has 15 heavy (non-hydrogen) atoms. The molecule has 0 aromatic rings. The highest BCUT2D eigenvalue weighted by Gasteiger charge is 2.28. The summed E-state index contributed by atoms with van der Waals surface area (Å²) >= 11 is 0. The Bertz CT molecular complexity index is 232. The molecule has 0 radical (unpaired) electrons. The largest absolute Gasteiger partial charge is 0.379 e. The number of hydrogen-bond acceptors (Lipinski definition) is 4. The fourth-order valence-corrected chi connectivity index (χ4v) is 2.46. The average Bonchev–Trinajstić information content (AvgIpc) is 2.76. The van der Waals surface area contributed by atoms with E-state index in [0.29, 0.717) is 12.5 Å². The lowest BCUT2D eigenvalue weighted by molar-refractivity contribution is 0.0185. The lowest BCUT2D eigenvalue weighted by Gasteiger charge is -2.32. The normalized spacial score (nSPS) is 29.1. The van der Waals surface area contributed by atoms with Crippen LogP contribution in [0.3, 0.4) is 0 Å². The van der Waals surface area contributed by atoms with Crippen LogP contribution in [0.5, 0.6) is 0 Å². The zero-order valence-electron chi connectivity index (χ0n) is 9.19. The van der Waals surface area contributed by atoms with Gasteiger partial charge in [0.25, 0.3) is 0 Å². The summed E-state index contributed by atoms with van der Waals surface area (Å²) in [6.45, 7) is 7.17. The van der Waals surface area contributed by atoms with Crippen molar-refractivity contribution in [1.82, 2.24) is 9.80 Å². The van der Waals surface area contributed by atoms with Crippen LogP contribution in [0.2, 0.25) is 0 Å². The second-order valence-electron chi connectivity index (χ2n) is 4.30. The molecule has 2 fully saturated rings. The van der Waals surface area contributed by atoms with Gasteiger partial charge < -0.3 is 9.64 Å². The number of nitriles is 1. The first kappa shape index (κ1) is 10.9. The van der Waals surface area contributed by atoms with Crippen LogP contribution in [0.4, 0.5) is 0 Å². The smallest absolute Gasteiger partial charge is 0.0635 e. The Labute approximate surface area is 91.4 Å². The predicted octanol–water partition coefficient (Wildman–Crippen LogP) is 0.307. The minimum atomic E-state index is 0.663. The number of rotatable bonds is 3. The minimum Gasteiger partial charge on any atom is -0.379 e. The van der Waals surface area contributed by atoms with E-state index in [1.165, 1.54) is 6.42 Å². The second kappa shape index (κ2) is 5.45. The molecule has 2 saturated heterocycles. The lowest BCUT2D eigenvalue weighted by atomic mass is 10.2. The summed E-state index contributed by atoms with van der Waals surface area (Å²) in [4.78, 5) is 4.94. The van der Waals surface area contributed by atoms with Gasteiger partial charge >= 0.3 is 0 Å². The molecular weight excluding hydrogens is 190 g/mol. The molecule has 1 atom stereocenters. The molecule has 0 N–H and O–H groups in total. The quantitative estimate of drug-likeness (QED) is 0.670. The zero-order chi connectivity index (χ0) is 10.5. The molecule has 2 aliphatic heterocycles. The number of ether oxygens (including phenoxy) is 1. The summed E-state index contributed by atoms with van der Waals surface area (Å²) in [5, 5.41) is 8.54. The molecule has 0 bridgehead atoms. The van der Waals surface area contributed by atoms with Crippen LogP contribution in [-0.4, -0.2) is 61.8 Å². The highest BCUT2D eigenvalue weighted by atomic mass is 16.5. The van der Waals surface area contributed by atoms with Crippen molar-refractivity contribution in [2.75, 3.05) is 45.9 Å². The van der Waals surface area contributed by atoms with Crippen molar-refractivity contribution in [3.05, 3.63) is 0 Å². The van der Waals surface area contributed by atoms with Gasteiger partial charge in [-0.2, -0.15) is 5.26 Å². The third kappa shape index (κ3) is 2.91. The Morgan fingerprint density at radius 1 is 1.27 bits per heavy atom. The second-order valence-corrected chi connectivity index (χ2v) is 4.30. The van der Waals surface area contributed by atoms with Gasteiger partial charge in [-0.3, -0.25) is 4.90 Å². The fraction of sp³-hybridized carbons (Fsp3) is 0.909. The van der Waals surface area contributed by atoms with E-state index in [0.717, 1.165) is 45.9 Å². The summed E-state index contributed by atoms with van der Waals surface area (Å²) in [5.41, 5.74) is 0. The van der Waals surface area contributed by atoms with Gasteiger partial charge in [-0.05, 0) is 13.0 Å². The van der Waals surface area contributed by atoms with Gasteiger partial charge in [-0.15, -0.1) is 0 Å². The molecular formula is C11H19N3O. The Hall–Kier alpha value is -0.630. The molecule has 0 amide bonds. The van der Waals surface area contributed by atoms with Crippen LogP contribution < -0.4 is 0 Å². The zero-order valence-corrected chi connectivity index (χ0v) is 9.19. The van der Waals surface area contributed by atoms with Crippen LogP contribution in [-0.2, 0) is 4.74 Å². The first-order valence-electron chi connectivity index (χ1n) is 5.81. The Morgan fingerprint density at radius 2 is 2.07 bits per heavy atom. The molecule has 84 valence electrons. The summed E-state index contributed by atoms with van der Waals surface area (Å²) in [7, 11) is 0. The first-order chi connectivity index (χ1) is 7.40. The lowest BCUT2D eigenvalue weighted by Crippen LogP contribution is -2.44. The SMILES string of the molecule is N#CCCN1CCC(N2CCOCC2)C1. The van der Waals surface area contributed by atoms with Crippen molar-refractivity contribution >= 4 is 0 Å². The summed E-state index contributed by atoms with van der Waals surface area (Å²) in [6.07, 6.45) is 1.92. The Morgan fingerprint density at radius 3 is 2.80 bits per heavy atom. The van der Waals surface area contributed by atoms with Crippen molar-refractivity contribution in [2.24, 2.45) is 0 Å². The van der Waals surface area contributed by atoms with E-state index in [4.69, 9.17) is 10.00 Å². The monoisotopic (exact) mass is 209 g/mol. The maximum absolute atomic E-state index is 8.54. The third-order valence-electron chi connectivity index (χ3n) is 3.35. The van der Waals surface area contributed by atoms with Crippen LogP contribution in [0, 0.1) is 11.3 Å². The van der Waals surface area contributed by atoms with Gasteiger partial charge in [0.2, 0.25) is 0 Å². The summed E-state index contributed by atoms with van der Waals surface area (Å²) in [5.74, 6) is 0. The fourth-order valence-electron chi connectivity index (χ4n) is 2.46. The first-order valence-corrected chi connectivity index (χ1v) is 5.81. The number of hydrogen-bond donors (Lipinski definition) is 0. The van der Waals surface area contributed by atoms with Gasteiger partial charge in [0, 0.05) is 38.6 Å². The highest BCUT2D eigenvalue weighted by molar-refractivity contribution is 4.85. The van der Waals surface area contributed by atoms with E-state index in [1.54, 1.807) is 0 Å². The molecule has 4 heteroatoms. The topological polar surface area (TPSA) is 39.5 Å². The molecule has 1 unspecified atom stereocenters. The van der Waals surface area contributed by atoms with Gasteiger partial charge in [0.1, 0.15) is 0 Å². The summed E-state index contributed by atoms with van der Waals surface area (Å²) < 4.78 is 5.35. The molecule has 2 aliphatic rings. The molecule has 0 aromatic carbocycles. The minimum absolute atomic E-state index is 0.663. The van der Waals surface area contributed by atoms with Crippen molar-refractivity contribution in [2.45, 2.75) is 18.9 Å². The third-order valence-corrected chi connectivity index (χ3v) is 3.35. The number of likely N-dealkylation sites (tertiary alicyclic amines) is 1. The van der Waals surface area contributed by atoms with Gasteiger partial charge in [-0.25, -0.2) is 0 Å². The number of nitrogens with zero attached hydrogens (tertiary/aromatic N) is 3. The van der Waals surface area contributed by atoms with Crippen LogP contribution in [0.15, 0.2) is 0 Å². The number of morpholine rings is 1. The van der Waals surface area contributed by atoms with Gasteiger partial charge in [-0.1, -0.05) is 0 Å². The highest BCUT2D eigenvalue weighted by Crippen LogP contribution is 2.16. The predicted molar refractivity (Wildman–Crippen MR) is 57.5 cm³/mol. The van der Waals surface area contributed by atoms with Gasteiger partial charge in [0.15, 0.2) is 0 Å². The molecule has 0 saturated carbocycles.